The Morgan fingerprint density at radius 1 is 1.00 bits per heavy atom. The van der Waals surface area contributed by atoms with E-state index in [0.29, 0.717) is 10.6 Å². The lowest BCUT2D eigenvalue weighted by Gasteiger charge is -1.85. The van der Waals surface area contributed by atoms with Crippen molar-refractivity contribution in [3.05, 3.63) is 64.5 Å². The van der Waals surface area contributed by atoms with Gasteiger partial charge in [0.1, 0.15) is 5.52 Å². The minimum absolute atomic E-state index is 0.141. The monoisotopic (exact) mass is 279 g/mol. The summed E-state index contributed by atoms with van der Waals surface area (Å²) in [5.41, 5.74) is 2.66. The molecule has 0 saturated heterocycles. The van der Waals surface area contributed by atoms with Gasteiger partial charge in [-0.15, -0.1) is 0 Å². The predicted molar refractivity (Wildman–Crippen MR) is 75.2 cm³/mol. The van der Waals surface area contributed by atoms with E-state index in [1.165, 1.54) is 5.56 Å². The first-order valence-corrected chi connectivity index (χ1v) is 6.14. The van der Waals surface area contributed by atoms with Gasteiger partial charge in [-0.2, -0.15) is 4.98 Å². The van der Waals surface area contributed by atoms with E-state index in [1.807, 2.05) is 18.2 Å². The molecule has 4 heteroatoms. The van der Waals surface area contributed by atoms with Crippen LogP contribution < -0.4 is 0 Å². The second-order valence-electron chi connectivity index (χ2n) is 3.73. The molecule has 0 bridgehead atoms. The van der Waals surface area contributed by atoms with Crippen molar-refractivity contribution in [2.24, 2.45) is 0 Å². The van der Waals surface area contributed by atoms with Gasteiger partial charge in [-0.05, 0) is 30.7 Å². The first kappa shape index (κ1) is 12.9. The summed E-state index contributed by atoms with van der Waals surface area (Å²) in [6.07, 6.45) is 0. The van der Waals surface area contributed by atoms with Crippen molar-refractivity contribution < 1.29 is 4.42 Å². The zero-order chi connectivity index (χ0) is 13.0. The first-order chi connectivity index (χ1) is 8.65. The van der Waals surface area contributed by atoms with E-state index in [0.717, 1.165) is 5.52 Å². The molecule has 2 nitrogen and oxygen atoms in total. The van der Waals surface area contributed by atoms with Gasteiger partial charge in [0.15, 0.2) is 5.58 Å². The number of nitrogens with zero attached hydrogens (tertiary/aromatic N) is 1. The van der Waals surface area contributed by atoms with Crippen LogP contribution in [0.2, 0.25) is 10.4 Å². The maximum Gasteiger partial charge on any atom is 0.293 e. The third-order valence-corrected chi connectivity index (χ3v) is 2.66. The van der Waals surface area contributed by atoms with Gasteiger partial charge in [-0.25, -0.2) is 0 Å². The second-order valence-corrected chi connectivity index (χ2v) is 4.49. The molecule has 0 atom stereocenters. The fourth-order valence-electron chi connectivity index (χ4n) is 1.40. The minimum Gasteiger partial charge on any atom is -0.428 e. The Morgan fingerprint density at radius 3 is 2.33 bits per heavy atom. The van der Waals surface area contributed by atoms with Crippen molar-refractivity contribution >= 4 is 34.3 Å². The highest BCUT2D eigenvalue weighted by Crippen LogP contribution is 2.21. The molecule has 0 unspecified atom stereocenters. The number of fused-ring (bicyclic) bond motifs is 1. The van der Waals surface area contributed by atoms with E-state index in [1.54, 1.807) is 18.2 Å². The lowest BCUT2D eigenvalue weighted by atomic mass is 10.2. The van der Waals surface area contributed by atoms with Gasteiger partial charge >= 0.3 is 0 Å². The van der Waals surface area contributed by atoms with Crippen molar-refractivity contribution in [1.29, 1.82) is 0 Å². The first-order valence-electron chi connectivity index (χ1n) is 5.38. The van der Waals surface area contributed by atoms with Gasteiger partial charge in [0.05, 0.1) is 0 Å². The highest BCUT2D eigenvalue weighted by molar-refractivity contribution is 6.31. The molecule has 18 heavy (non-hydrogen) atoms. The topological polar surface area (TPSA) is 26.0 Å². The molecule has 0 saturated carbocycles. The van der Waals surface area contributed by atoms with Crippen molar-refractivity contribution in [2.45, 2.75) is 6.92 Å². The van der Waals surface area contributed by atoms with Crippen LogP contribution in [0.4, 0.5) is 0 Å². The molecule has 0 aliphatic carbocycles. The minimum atomic E-state index is 0.141. The highest BCUT2D eigenvalue weighted by Gasteiger charge is 2.02. The summed E-state index contributed by atoms with van der Waals surface area (Å²) in [5.74, 6) is 0. The van der Waals surface area contributed by atoms with Crippen LogP contribution in [0.15, 0.2) is 52.9 Å². The number of halogens is 2. The van der Waals surface area contributed by atoms with Crippen molar-refractivity contribution in [3.8, 4) is 0 Å². The Kier molecular flexibility index (Phi) is 4.24. The molecule has 3 rings (SSSR count). The standard InChI is InChI=1S/C7H3Cl2NO.C7H8/c8-4-1-2-5-6(3-4)11-7(9)10-5;1-7-5-3-2-4-6-7/h1-3H;2-6H,1H3. The average Bonchev–Trinajstić information content (AvgIpc) is 2.70. The van der Waals surface area contributed by atoms with Crippen LogP contribution in [0.25, 0.3) is 11.1 Å². The molecule has 92 valence electrons. The van der Waals surface area contributed by atoms with Gasteiger partial charge in [-0.3, -0.25) is 0 Å². The lowest BCUT2D eigenvalue weighted by Crippen LogP contribution is -1.65. The van der Waals surface area contributed by atoms with Crippen LogP contribution in [0, 0.1) is 6.92 Å². The lowest BCUT2D eigenvalue weighted by molar-refractivity contribution is 0.604. The maximum atomic E-state index is 5.70. The molecule has 0 aliphatic rings. The molecular weight excluding hydrogens is 269 g/mol. The third kappa shape index (κ3) is 3.49. The molecule has 2 aromatic carbocycles. The van der Waals surface area contributed by atoms with Crippen LogP contribution in [0.5, 0.6) is 0 Å². The van der Waals surface area contributed by atoms with Gasteiger partial charge in [-0.1, -0.05) is 47.5 Å². The number of hydrogen-bond acceptors (Lipinski definition) is 2. The number of hydrogen-bond donors (Lipinski definition) is 0. The van der Waals surface area contributed by atoms with Crippen molar-refractivity contribution in [3.63, 3.8) is 0 Å². The Morgan fingerprint density at radius 2 is 1.72 bits per heavy atom. The van der Waals surface area contributed by atoms with Gasteiger partial charge in [0.25, 0.3) is 5.35 Å². The summed E-state index contributed by atoms with van der Waals surface area (Å²) in [5, 5.41) is 0.757. The van der Waals surface area contributed by atoms with Crippen LogP contribution >= 0.6 is 23.2 Å². The smallest absolute Gasteiger partial charge is 0.293 e. The van der Waals surface area contributed by atoms with Crippen LogP contribution in [-0.4, -0.2) is 4.98 Å². The molecule has 3 aromatic rings. The summed E-state index contributed by atoms with van der Waals surface area (Å²) in [6.45, 7) is 2.08. The van der Waals surface area contributed by atoms with E-state index >= 15 is 0 Å². The molecule has 1 aromatic heterocycles. The Balaban J connectivity index is 0.000000149. The quantitative estimate of drug-likeness (QED) is 0.570. The fraction of sp³-hybridized carbons (Fsp3) is 0.0714. The van der Waals surface area contributed by atoms with Crippen LogP contribution in [-0.2, 0) is 0 Å². The number of aromatic nitrogens is 1. The number of rotatable bonds is 0. The van der Waals surface area contributed by atoms with Crippen LogP contribution in [0.1, 0.15) is 5.56 Å². The predicted octanol–water partition coefficient (Wildman–Crippen LogP) is 5.13. The van der Waals surface area contributed by atoms with E-state index in [-0.39, 0.29) is 5.35 Å². The normalized spacial score (nSPS) is 9.94. The molecule has 0 amide bonds. The molecule has 0 N–H and O–H groups in total. The number of oxazole rings is 1. The third-order valence-electron chi connectivity index (χ3n) is 2.26. The van der Waals surface area contributed by atoms with E-state index < -0.39 is 0 Å². The maximum absolute atomic E-state index is 5.70. The largest absolute Gasteiger partial charge is 0.428 e. The summed E-state index contributed by atoms with van der Waals surface area (Å²) in [4.78, 5) is 3.89. The molecule has 0 fully saturated rings. The summed E-state index contributed by atoms with van der Waals surface area (Å²) in [6, 6.07) is 15.4. The Hall–Kier alpha value is -1.51. The van der Waals surface area contributed by atoms with Crippen LogP contribution in [0.3, 0.4) is 0 Å². The summed E-state index contributed by atoms with van der Waals surface area (Å²) < 4.78 is 5.02. The molecule has 0 aliphatic heterocycles. The van der Waals surface area contributed by atoms with Crippen molar-refractivity contribution in [2.75, 3.05) is 0 Å². The fourth-order valence-corrected chi connectivity index (χ4v) is 1.74. The molecule has 1 heterocycles. The van der Waals surface area contributed by atoms with Crippen molar-refractivity contribution in [1.82, 2.24) is 4.98 Å². The zero-order valence-corrected chi connectivity index (χ0v) is 11.2. The molecular formula is C14H11Cl2NO. The number of benzene rings is 2. The Labute approximate surface area is 115 Å². The van der Waals surface area contributed by atoms with E-state index in [4.69, 9.17) is 27.6 Å². The Bertz CT molecular complexity index is 635. The number of aryl methyl sites for hydroxylation is 1. The van der Waals surface area contributed by atoms with Gasteiger partial charge in [0, 0.05) is 11.1 Å². The summed E-state index contributed by atoms with van der Waals surface area (Å²) >= 11 is 11.2. The molecule has 0 radical (unpaired) electrons. The molecule has 0 spiro atoms. The van der Waals surface area contributed by atoms with E-state index in [9.17, 15) is 0 Å². The SMILES string of the molecule is Cc1ccccc1.Clc1ccc2nc(Cl)oc2c1. The van der Waals surface area contributed by atoms with Gasteiger partial charge < -0.3 is 4.42 Å². The zero-order valence-electron chi connectivity index (χ0n) is 9.73. The van der Waals surface area contributed by atoms with Gasteiger partial charge in [0.2, 0.25) is 0 Å². The second kappa shape index (κ2) is 5.89. The average molecular weight is 280 g/mol. The van der Waals surface area contributed by atoms with E-state index in [2.05, 4.69) is 24.0 Å². The summed E-state index contributed by atoms with van der Waals surface area (Å²) in [7, 11) is 0. The highest BCUT2D eigenvalue weighted by atomic mass is 35.5.